The second kappa shape index (κ2) is 10.3. The summed E-state index contributed by atoms with van der Waals surface area (Å²) in [6.45, 7) is 2.99. The number of urea groups is 1. The van der Waals surface area contributed by atoms with Gasteiger partial charge in [0, 0.05) is 19.5 Å². The molecule has 0 aromatic heterocycles. The summed E-state index contributed by atoms with van der Waals surface area (Å²) < 4.78 is 44.5. The number of imide groups is 1. The number of amides is 3. The van der Waals surface area contributed by atoms with Crippen molar-refractivity contribution in [3.8, 4) is 5.75 Å². The lowest BCUT2D eigenvalue weighted by Crippen LogP contribution is -2.49. The average molecular weight is 453 g/mol. The molecule has 1 aliphatic heterocycles. The third-order valence-electron chi connectivity index (χ3n) is 5.43. The monoisotopic (exact) mass is 452 g/mol. The van der Waals surface area contributed by atoms with Crippen molar-refractivity contribution in [1.29, 1.82) is 0 Å². The molecule has 0 unspecified atom stereocenters. The van der Waals surface area contributed by atoms with E-state index in [0.29, 0.717) is 32.0 Å². The molecule has 1 N–H and O–H groups in total. The SMILES string of the molecule is C[C@@H](CS(=O)(=O)CC/C=C/CN1CCC(=O)NC1=O)c1ccc(F)c(OCC2CC2)c1. The maximum Gasteiger partial charge on any atom is 0.324 e. The van der Waals surface area contributed by atoms with Crippen molar-refractivity contribution in [3.05, 3.63) is 41.7 Å². The van der Waals surface area contributed by atoms with Gasteiger partial charge in [0.15, 0.2) is 21.4 Å². The standard InChI is InChI=1S/C22H29FN2O5S/c1-16(18-7-8-19(23)20(13-18)30-14-17-5-6-17)15-31(28,29)12-4-2-3-10-25-11-9-21(26)24-22(25)27/h2-3,7-8,13,16-17H,4-6,9-12,14-15H2,1H3,(H,24,26,27)/b3-2+/t16-/m0/s1. The Morgan fingerprint density at radius 2 is 2.06 bits per heavy atom. The summed E-state index contributed by atoms with van der Waals surface area (Å²) in [5.41, 5.74) is 0.733. The van der Waals surface area contributed by atoms with Gasteiger partial charge in [0.25, 0.3) is 0 Å². The number of benzene rings is 1. The van der Waals surface area contributed by atoms with Crippen LogP contribution in [0.15, 0.2) is 30.4 Å². The Morgan fingerprint density at radius 3 is 2.77 bits per heavy atom. The summed E-state index contributed by atoms with van der Waals surface area (Å²) in [7, 11) is -3.31. The van der Waals surface area contributed by atoms with Crippen LogP contribution in [0.4, 0.5) is 9.18 Å². The van der Waals surface area contributed by atoms with Crippen molar-refractivity contribution in [2.75, 3.05) is 31.2 Å². The molecule has 2 aliphatic rings. The van der Waals surface area contributed by atoms with E-state index in [1.54, 1.807) is 24.3 Å². The molecular formula is C22H29FN2O5S. The minimum atomic E-state index is -3.31. The van der Waals surface area contributed by atoms with Gasteiger partial charge in [-0.3, -0.25) is 10.1 Å². The van der Waals surface area contributed by atoms with Gasteiger partial charge in [0.05, 0.1) is 18.1 Å². The van der Waals surface area contributed by atoms with Crippen LogP contribution >= 0.6 is 0 Å². The van der Waals surface area contributed by atoms with E-state index in [-0.39, 0.29) is 35.5 Å². The van der Waals surface area contributed by atoms with Crippen molar-refractivity contribution < 1.29 is 27.1 Å². The number of nitrogens with one attached hydrogen (secondary N) is 1. The summed E-state index contributed by atoms with van der Waals surface area (Å²) >= 11 is 0. The number of nitrogens with zero attached hydrogens (tertiary/aromatic N) is 1. The molecule has 0 spiro atoms. The number of hydrogen-bond acceptors (Lipinski definition) is 5. The van der Waals surface area contributed by atoms with Gasteiger partial charge < -0.3 is 9.64 Å². The molecule has 1 aromatic rings. The number of allylic oxidation sites excluding steroid dienone is 1. The topological polar surface area (TPSA) is 92.8 Å². The second-order valence-corrected chi connectivity index (χ2v) is 10.5. The van der Waals surface area contributed by atoms with Gasteiger partial charge in [-0.25, -0.2) is 17.6 Å². The summed E-state index contributed by atoms with van der Waals surface area (Å²) in [5.74, 6) is -0.367. The molecule has 3 rings (SSSR count). The summed E-state index contributed by atoms with van der Waals surface area (Å²) in [6.07, 6.45) is 6.28. The number of hydrogen-bond donors (Lipinski definition) is 1. The van der Waals surface area contributed by atoms with E-state index in [1.165, 1.54) is 11.0 Å². The Morgan fingerprint density at radius 1 is 1.29 bits per heavy atom. The van der Waals surface area contributed by atoms with Crippen molar-refractivity contribution in [2.45, 2.75) is 38.5 Å². The normalized spacial score (nSPS) is 18.3. The third kappa shape index (κ3) is 7.34. The minimum absolute atomic E-state index is 0.00917. The lowest BCUT2D eigenvalue weighted by atomic mass is 10.0. The number of halogens is 1. The molecule has 31 heavy (non-hydrogen) atoms. The Hall–Kier alpha value is -2.42. The van der Waals surface area contributed by atoms with E-state index in [9.17, 15) is 22.4 Å². The molecule has 1 atom stereocenters. The van der Waals surface area contributed by atoms with E-state index in [4.69, 9.17) is 4.74 Å². The summed E-state index contributed by atoms with van der Waals surface area (Å²) in [6, 6.07) is 4.11. The van der Waals surface area contributed by atoms with Gasteiger partial charge in [0.2, 0.25) is 5.91 Å². The number of carbonyl (C=O) groups is 2. The zero-order chi connectivity index (χ0) is 22.4. The molecule has 9 heteroatoms. The average Bonchev–Trinajstić information content (AvgIpc) is 3.52. The molecule has 1 aliphatic carbocycles. The highest BCUT2D eigenvalue weighted by molar-refractivity contribution is 7.91. The van der Waals surface area contributed by atoms with E-state index >= 15 is 0 Å². The first-order valence-corrected chi connectivity index (χ1v) is 12.4. The first-order valence-electron chi connectivity index (χ1n) is 10.6. The van der Waals surface area contributed by atoms with Crippen molar-refractivity contribution in [2.24, 2.45) is 5.92 Å². The largest absolute Gasteiger partial charge is 0.490 e. The molecule has 1 aromatic carbocycles. The predicted molar refractivity (Wildman–Crippen MR) is 115 cm³/mol. The number of carbonyl (C=O) groups excluding carboxylic acids is 2. The molecule has 1 heterocycles. The van der Waals surface area contributed by atoms with Crippen molar-refractivity contribution in [3.63, 3.8) is 0 Å². The van der Waals surface area contributed by atoms with E-state index in [0.717, 1.165) is 18.4 Å². The molecule has 3 amide bonds. The van der Waals surface area contributed by atoms with Crippen LogP contribution < -0.4 is 10.1 Å². The smallest absolute Gasteiger partial charge is 0.324 e. The summed E-state index contributed by atoms with van der Waals surface area (Å²) in [5, 5.41) is 2.24. The van der Waals surface area contributed by atoms with E-state index in [2.05, 4.69) is 5.32 Å². The van der Waals surface area contributed by atoms with Gasteiger partial charge in [-0.2, -0.15) is 0 Å². The zero-order valence-electron chi connectivity index (χ0n) is 17.7. The number of sulfone groups is 1. The molecule has 7 nitrogen and oxygen atoms in total. The summed E-state index contributed by atoms with van der Waals surface area (Å²) in [4.78, 5) is 24.3. The Labute approximate surface area is 182 Å². The minimum Gasteiger partial charge on any atom is -0.490 e. The molecule has 2 fully saturated rings. The van der Waals surface area contributed by atoms with E-state index < -0.39 is 21.7 Å². The van der Waals surface area contributed by atoms with Crippen LogP contribution in [-0.4, -0.2) is 56.5 Å². The van der Waals surface area contributed by atoms with Crippen LogP contribution in [-0.2, 0) is 14.6 Å². The van der Waals surface area contributed by atoms with Crippen LogP contribution in [0.2, 0.25) is 0 Å². The lowest BCUT2D eigenvalue weighted by molar-refractivity contribution is -0.121. The Bertz CT molecular complexity index is 943. The third-order valence-corrected chi connectivity index (χ3v) is 7.30. The predicted octanol–water partition coefficient (Wildman–Crippen LogP) is 3.02. The van der Waals surface area contributed by atoms with Crippen molar-refractivity contribution >= 4 is 21.8 Å². The van der Waals surface area contributed by atoms with Crippen LogP contribution in [0.1, 0.15) is 44.1 Å². The fourth-order valence-electron chi connectivity index (χ4n) is 3.33. The Kier molecular flexibility index (Phi) is 7.69. The molecule has 0 bridgehead atoms. The maximum absolute atomic E-state index is 14.0. The Balaban J connectivity index is 1.45. The zero-order valence-corrected chi connectivity index (χ0v) is 18.5. The first kappa shape index (κ1) is 23.2. The van der Waals surface area contributed by atoms with Gasteiger partial charge in [0.1, 0.15) is 0 Å². The van der Waals surface area contributed by atoms with E-state index in [1.807, 2.05) is 6.92 Å². The lowest BCUT2D eigenvalue weighted by Gasteiger charge is -2.25. The van der Waals surface area contributed by atoms with Crippen LogP contribution in [0.3, 0.4) is 0 Å². The fraction of sp³-hybridized carbons (Fsp3) is 0.545. The number of rotatable bonds is 11. The van der Waals surface area contributed by atoms with Gasteiger partial charge in [-0.1, -0.05) is 25.1 Å². The quantitative estimate of drug-likeness (QED) is 0.521. The molecular weight excluding hydrogens is 423 g/mol. The maximum atomic E-state index is 14.0. The highest BCUT2D eigenvalue weighted by atomic mass is 32.2. The second-order valence-electron chi connectivity index (χ2n) is 8.27. The van der Waals surface area contributed by atoms with Gasteiger partial charge in [-0.15, -0.1) is 0 Å². The number of ether oxygens (including phenoxy) is 1. The highest BCUT2D eigenvalue weighted by Gasteiger charge is 2.24. The first-order chi connectivity index (χ1) is 14.7. The highest BCUT2D eigenvalue weighted by Crippen LogP contribution is 2.31. The molecule has 1 saturated heterocycles. The molecule has 1 saturated carbocycles. The van der Waals surface area contributed by atoms with Gasteiger partial charge >= 0.3 is 6.03 Å². The van der Waals surface area contributed by atoms with Crippen LogP contribution in [0.5, 0.6) is 5.75 Å². The molecule has 170 valence electrons. The molecule has 0 radical (unpaired) electrons. The van der Waals surface area contributed by atoms with Gasteiger partial charge in [-0.05, 0) is 48.8 Å². The van der Waals surface area contributed by atoms with Crippen molar-refractivity contribution in [1.82, 2.24) is 10.2 Å². The van der Waals surface area contributed by atoms with Crippen LogP contribution in [0, 0.1) is 11.7 Å². The fourth-order valence-corrected chi connectivity index (χ4v) is 4.95. The van der Waals surface area contributed by atoms with Crippen LogP contribution in [0.25, 0.3) is 0 Å².